The second-order valence-electron chi connectivity index (χ2n) is 6.52. The normalized spacial score (nSPS) is 14.7. The molecule has 1 aromatic heterocycles. The largest absolute Gasteiger partial charge is 0.447 e. The molecular weight excluding hydrogens is 398 g/mol. The molecule has 0 bridgehead atoms. The molecule has 0 fully saturated rings. The molecule has 0 aliphatic carbocycles. The van der Waals surface area contributed by atoms with Crippen molar-refractivity contribution < 1.29 is 9.53 Å². The van der Waals surface area contributed by atoms with Crippen molar-refractivity contribution in [2.45, 2.75) is 31.7 Å². The van der Waals surface area contributed by atoms with E-state index in [2.05, 4.69) is 21.3 Å². The maximum Gasteiger partial charge on any atom is 0.247 e. The minimum absolute atomic E-state index is 0.0965. The van der Waals surface area contributed by atoms with Crippen LogP contribution in [0.2, 0.25) is 0 Å². The van der Waals surface area contributed by atoms with Crippen molar-refractivity contribution in [1.29, 1.82) is 5.26 Å². The maximum atomic E-state index is 13.0. The number of thioether (sulfide) groups is 1. The minimum atomic E-state index is -0.747. The van der Waals surface area contributed by atoms with Crippen molar-refractivity contribution in [1.82, 2.24) is 15.2 Å². The number of fused-ring (bicyclic) bond motifs is 3. The molecular formula is C22H19N5O2S. The summed E-state index contributed by atoms with van der Waals surface area (Å²) in [5.41, 5.74) is 3.19. The van der Waals surface area contributed by atoms with Gasteiger partial charge in [0.15, 0.2) is 5.69 Å². The zero-order valence-corrected chi connectivity index (χ0v) is 17.4. The average molecular weight is 417 g/mol. The van der Waals surface area contributed by atoms with Crippen molar-refractivity contribution in [2.24, 2.45) is 0 Å². The third-order valence-corrected chi connectivity index (χ3v) is 5.40. The molecule has 0 radical (unpaired) electrons. The van der Waals surface area contributed by atoms with Crippen LogP contribution in [-0.4, -0.2) is 26.8 Å². The van der Waals surface area contributed by atoms with Gasteiger partial charge in [0.1, 0.15) is 0 Å². The zero-order valence-electron chi connectivity index (χ0n) is 16.6. The molecule has 2 heterocycles. The van der Waals surface area contributed by atoms with E-state index in [-0.39, 0.29) is 5.91 Å². The Balaban J connectivity index is 1.93. The Morgan fingerprint density at radius 2 is 1.93 bits per heavy atom. The highest BCUT2D eigenvalue weighted by Gasteiger charge is 2.35. The number of nitriles is 1. The number of nitrogens with zero attached hydrogens (tertiary/aromatic N) is 5. The van der Waals surface area contributed by atoms with Crippen LogP contribution in [0, 0.1) is 11.3 Å². The number of para-hydroxylation sites is 1. The van der Waals surface area contributed by atoms with E-state index >= 15 is 0 Å². The van der Waals surface area contributed by atoms with Gasteiger partial charge < -0.3 is 4.74 Å². The van der Waals surface area contributed by atoms with Crippen LogP contribution in [-0.2, 0) is 4.79 Å². The van der Waals surface area contributed by atoms with E-state index in [0.29, 0.717) is 34.4 Å². The molecule has 0 saturated carbocycles. The molecule has 0 saturated heterocycles. The highest BCUT2D eigenvalue weighted by molar-refractivity contribution is 7.99. The van der Waals surface area contributed by atoms with Crippen molar-refractivity contribution in [3.8, 4) is 23.2 Å². The summed E-state index contributed by atoms with van der Waals surface area (Å²) >= 11 is 1.47. The molecule has 30 heavy (non-hydrogen) atoms. The van der Waals surface area contributed by atoms with Gasteiger partial charge in [-0.3, -0.25) is 9.69 Å². The van der Waals surface area contributed by atoms with Gasteiger partial charge in [0.2, 0.25) is 23.2 Å². The molecule has 1 unspecified atom stereocenters. The van der Waals surface area contributed by atoms with Gasteiger partial charge in [0, 0.05) is 17.5 Å². The Hall–Kier alpha value is -3.44. The Morgan fingerprint density at radius 3 is 2.63 bits per heavy atom. The summed E-state index contributed by atoms with van der Waals surface area (Å²) < 4.78 is 6.32. The molecule has 7 nitrogen and oxygen atoms in total. The molecule has 1 amide bonds. The van der Waals surface area contributed by atoms with Gasteiger partial charge in [-0.1, -0.05) is 55.9 Å². The molecule has 1 atom stereocenters. The van der Waals surface area contributed by atoms with Crippen LogP contribution in [0.4, 0.5) is 5.69 Å². The zero-order chi connectivity index (χ0) is 21.1. The van der Waals surface area contributed by atoms with Crippen molar-refractivity contribution in [3.63, 3.8) is 0 Å². The fourth-order valence-electron chi connectivity index (χ4n) is 3.28. The summed E-state index contributed by atoms with van der Waals surface area (Å²) in [6, 6.07) is 16.6. The van der Waals surface area contributed by atoms with Crippen molar-refractivity contribution in [3.05, 3.63) is 59.7 Å². The maximum absolute atomic E-state index is 13.0. The first-order chi connectivity index (χ1) is 14.7. The number of hydrogen-bond donors (Lipinski definition) is 0. The van der Waals surface area contributed by atoms with E-state index < -0.39 is 6.23 Å². The summed E-state index contributed by atoms with van der Waals surface area (Å²) in [6.07, 6.45) is -0.444. The van der Waals surface area contributed by atoms with Crippen LogP contribution in [0.3, 0.4) is 0 Å². The fraction of sp³-hybridized carbons (Fsp3) is 0.227. The van der Waals surface area contributed by atoms with E-state index in [1.807, 2.05) is 38.1 Å². The average Bonchev–Trinajstić information content (AvgIpc) is 2.93. The molecule has 0 N–H and O–H groups in total. The van der Waals surface area contributed by atoms with Gasteiger partial charge in [-0.15, -0.1) is 10.2 Å². The summed E-state index contributed by atoms with van der Waals surface area (Å²) in [5, 5.41) is 18.2. The molecule has 2 aromatic carbocycles. The molecule has 3 aromatic rings. The number of rotatable bonds is 4. The Kier molecular flexibility index (Phi) is 5.63. The topological polar surface area (TPSA) is 92.0 Å². The lowest BCUT2D eigenvalue weighted by atomic mass is 10.1. The second-order valence-corrected chi connectivity index (χ2v) is 7.75. The van der Waals surface area contributed by atoms with Crippen LogP contribution < -0.4 is 9.64 Å². The standard InChI is InChI=1S/C22H19N5O2S/c1-3-18(28)27-17-8-6-5-7-16(17)19-20(24-22(26-25-19)30-4-2)29-21(27)15-11-9-14(13-23)10-12-15/h5-12,21H,3-4H2,1-2H3. The Labute approximate surface area is 178 Å². The predicted molar refractivity (Wildman–Crippen MR) is 114 cm³/mol. The van der Waals surface area contributed by atoms with Crippen LogP contribution in [0.5, 0.6) is 5.88 Å². The van der Waals surface area contributed by atoms with Crippen LogP contribution in [0.1, 0.15) is 37.6 Å². The van der Waals surface area contributed by atoms with Gasteiger partial charge in [-0.05, 0) is 24.0 Å². The molecule has 150 valence electrons. The van der Waals surface area contributed by atoms with E-state index in [1.165, 1.54) is 11.8 Å². The van der Waals surface area contributed by atoms with Crippen molar-refractivity contribution >= 4 is 23.4 Å². The monoisotopic (exact) mass is 417 g/mol. The van der Waals surface area contributed by atoms with E-state index in [9.17, 15) is 4.79 Å². The number of carbonyl (C=O) groups is 1. The van der Waals surface area contributed by atoms with Gasteiger partial charge in [-0.25, -0.2) is 0 Å². The summed E-state index contributed by atoms with van der Waals surface area (Å²) in [6.45, 7) is 3.82. The van der Waals surface area contributed by atoms with E-state index in [0.717, 1.165) is 16.9 Å². The molecule has 0 spiro atoms. The number of hydrogen-bond acceptors (Lipinski definition) is 7. The second kappa shape index (κ2) is 8.51. The minimum Gasteiger partial charge on any atom is -0.447 e. The lowest BCUT2D eigenvalue weighted by Crippen LogP contribution is -2.37. The van der Waals surface area contributed by atoms with Crippen molar-refractivity contribution in [2.75, 3.05) is 10.7 Å². The molecule has 1 aliphatic rings. The first kappa shape index (κ1) is 19.9. The summed E-state index contributed by atoms with van der Waals surface area (Å²) in [4.78, 5) is 19.2. The lowest BCUT2D eigenvalue weighted by molar-refractivity contribution is -0.120. The van der Waals surface area contributed by atoms with Gasteiger partial charge >= 0.3 is 0 Å². The first-order valence-electron chi connectivity index (χ1n) is 9.62. The lowest BCUT2D eigenvalue weighted by Gasteiger charge is -2.30. The smallest absolute Gasteiger partial charge is 0.247 e. The highest BCUT2D eigenvalue weighted by atomic mass is 32.2. The number of benzene rings is 2. The van der Waals surface area contributed by atoms with E-state index in [1.54, 1.807) is 29.2 Å². The highest BCUT2D eigenvalue weighted by Crippen LogP contribution is 2.43. The predicted octanol–water partition coefficient (Wildman–Crippen LogP) is 4.36. The summed E-state index contributed by atoms with van der Waals surface area (Å²) in [5.74, 6) is 1.03. The third-order valence-electron chi connectivity index (χ3n) is 4.68. The molecule has 4 rings (SSSR count). The van der Waals surface area contributed by atoms with Crippen LogP contribution in [0.25, 0.3) is 11.3 Å². The SMILES string of the molecule is CCSc1nnc2c(n1)OC(c1ccc(C#N)cc1)N(C(=O)CC)c1ccccc1-2. The van der Waals surface area contributed by atoms with Gasteiger partial charge in [0.25, 0.3) is 0 Å². The molecule has 8 heteroatoms. The number of ether oxygens (including phenoxy) is 1. The summed E-state index contributed by atoms with van der Waals surface area (Å²) in [7, 11) is 0. The number of aromatic nitrogens is 3. The Bertz CT molecular complexity index is 1130. The van der Waals surface area contributed by atoms with Gasteiger partial charge in [0.05, 0.1) is 17.3 Å². The first-order valence-corrected chi connectivity index (χ1v) is 10.6. The third kappa shape index (κ3) is 3.60. The van der Waals surface area contributed by atoms with E-state index in [4.69, 9.17) is 10.00 Å². The quantitative estimate of drug-likeness (QED) is 0.583. The number of carbonyl (C=O) groups excluding carboxylic acids is 1. The van der Waals surface area contributed by atoms with Gasteiger partial charge in [-0.2, -0.15) is 10.2 Å². The molecule has 1 aliphatic heterocycles. The Morgan fingerprint density at radius 1 is 1.17 bits per heavy atom. The number of amides is 1. The number of anilines is 1. The van der Waals surface area contributed by atoms with Crippen LogP contribution in [0.15, 0.2) is 53.7 Å². The fourth-order valence-corrected chi connectivity index (χ4v) is 3.79. The van der Waals surface area contributed by atoms with Crippen LogP contribution >= 0.6 is 11.8 Å².